The normalized spacial score (nSPS) is 10.6. The van der Waals surface area contributed by atoms with E-state index in [0.717, 1.165) is 37.6 Å². The Labute approximate surface area is 125 Å². The van der Waals surface area contributed by atoms with Crippen molar-refractivity contribution in [1.82, 2.24) is 9.88 Å². The van der Waals surface area contributed by atoms with Crippen LogP contribution in [0.5, 0.6) is 0 Å². The van der Waals surface area contributed by atoms with E-state index >= 15 is 0 Å². The Morgan fingerprint density at radius 3 is 2.35 bits per heavy atom. The van der Waals surface area contributed by atoms with Crippen LogP contribution in [0.1, 0.15) is 50.2 Å². The molecule has 0 saturated carbocycles. The van der Waals surface area contributed by atoms with Crippen molar-refractivity contribution in [3.63, 3.8) is 0 Å². The Bertz CT molecular complexity index is 429. The first kappa shape index (κ1) is 16.8. The number of amides is 1. The standard InChI is InChI=1S/C14H26N4OS/c1-5-9-10-18(8-4)13(19)11-12(15)16-14(20-11)17(6-2)7-3/h5-10,15H2,1-4H3. The summed E-state index contributed by atoms with van der Waals surface area (Å²) in [5.74, 6) is 0.367. The minimum atomic E-state index is 0.00866. The van der Waals surface area contributed by atoms with Crippen LogP contribution in [0.3, 0.4) is 0 Å². The lowest BCUT2D eigenvalue weighted by atomic mass is 10.3. The number of hydrogen-bond acceptors (Lipinski definition) is 5. The molecule has 114 valence electrons. The van der Waals surface area contributed by atoms with Gasteiger partial charge in [0.15, 0.2) is 5.13 Å². The van der Waals surface area contributed by atoms with E-state index in [4.69, 9.17) is 5.73 Å². The first-order valence-electron chi connectivity index (χ1n) is 7.39. The van der Waals surface area contributed by atoms with Gasteiger partial charge in [0.1, 0.15) is 10.7 Å². The Morgan fingerprint density at radius 2 is 1.85 bits per heavy atom. The fraction of sp³-hybridized carbons (Fsp3) is 0.714. The first-order valence-corrected chi connectivity index (χ1v) is 8.21. The Kier molecular flexibility index (Phi) is 6.78. The molecule has 0 aliphatic rings. The topological polar surface area (TPSA) is 62.5 Å². The summed E-state index contributed by atoms with van der Waals surface area (Å²) in [6.45, 7) is 11.5. The van der Waals surface area contributed by atoms with Crippen molar-refractivity contribution < 1.29 is 4.79 Å². The molecule has 2 N–H and O–H groups in total. The van der Waals surface area contributed by atoms with Crippen LogP contribution in [-0.2, 0) is 0 Å². The zero-order valence-corrected chi connectivity index (χ0v) is 13.8. The summed E-state index contributed by atoms with van der Waals surface area (Å²) < 4.78 is 0. The second-order valence-corrected chi connectivity index (χ2v) is 5.60. The maximum absolute atomic E-state index is 12.5. The number of rotatable bonds is 8. The number of aromatic nitrogens is 1. The average molecular weight is 298 g/mol. The molecule has 0 aliphatic carbocycles. The number of carbonyl (C=O) groups is 1. The number of nitrogens with zero attached hydrogens (tertiary/aromatic N) is 3. The molecule has 0 atom stereocenters. The summed E-state index contributed by atoms with van der Waals surface area (Å²) in [7, 11) is 0. The van der Waals surface area contributed by atoms with E-state index in [9.17, 15) is 4.79 Å². The van der Waals surface area contributed by atoms with Gasteiger partial charge in [-0.15, -0.1) is 0 Å². The third-order valence-electron chi connectivity index (χ3n) is 3.32. The molecule has 1 heterocycles. The van der Waals surface area contributed by atoms with Crippen molar-refractivity contribution in [1.29, 1.82) is 0 Å². The molecule has 0 unspecified atom stereocenters. The van der Waals surface area contributed by atoms with Gasteiger partial charge < -0.3 is 15.5 Å². The first-order chi connectivity index (χ1) is 9.58. The van der Waals surface area contributed by atoms with E-state index in [-0.39, 0.29) is 5.91 Å². The predicted octanol–water partition coefficient (Wildman–Crippen LogP) is 2.83. The van der Waals surface area contributed by atoms with E-state index in [2.05, 4.69) is 30.7 Å². The van der Waals surface area contributed by atoms with Crippen molar-refractivity contribution in [3.05, 3.63) is 4.88 Å². The molecule has 1 rings (SSSR count). The van der Waals surface area contributed by atoms with Crippen LogP contribution < -0.4 is 10.6 Å². The van der Waals surface area contributed by atoms with Crippen LogP contribution in [-0.4, -0.2) is 42.0 Å². The molecule has 0 spiro atoms. The summed E-state index contributed by atoms with van der Waals surface area (Å²) in [5.41, 5.74) is 5.94. The molecule has 1 aromatic rings. The van der Waals surface area contributed by atoms with Crippen LogP contribution >= 0.6 is 11.3 Å². The highest BCUT2D eigenvalue weighted by Gasteiger charge is 2.22. The number of unbranched alkanes of at least 4 members (excludes halogenated alkanes) is 1. The highest BCUT2D eigenvalue weighted by molar-refractivity contribution is 7.18. The maximum Gasteiger partial charge on any atom is 0.267 e. The predicted molar refractivity (Wildman–Crippen MR) is 86.6 cm³/mol. The van der Waals surface area contributed by atoms with Gasteiger partial charge in [0.05, 0.1) is 0 Å². The molecule has 0 fully saturated rings. The lowest BCUT2D eigenvalue weighted by Gasteiger charge is -2.20. The minimum absolute atomic E-state index is 0.00866. The van der Waals surface area contributed by atoms with Gasteiger partial charge >= 0.3 is 0 Å². The zero-order chi connectivity index (χ0) is 15.1. The highest BCUT2D eigenvalue weighted by atomic mass is 32.1. The van der Waals surface area contributed by atoms with Gasteiger partial charge in [-0.25, -0.2) is 4.98 Å². The van der Waals surface area contributed by atoms with E-state index in [1.54, 1.807) is 0 Å². The van der Waals surface area contributed by atoms with Crippen molar-refractivity contribution in [2.45, 2.75) is 40.5 Å². The molecular formula is C14H26N4OS. The summed E-state index contributed by atoms with van der Waals surface area (Å²) in [6.07, 6.45) is 2.09. The van der Waals surface area contributed by atoms with Gasteiger partial charge in [-0.1, -0.05) is 24.7 Å². The van der Waals surface area contributed by atoms with Gasteiger partial charge in [-0.3, -0.25) is 4.79 Å². The SMILES string of the molecule is CCCCN(CC)C(=O)c1sc(N(CC)CC)nc1N. The van der Waals surface area contributed by atoms with Crippen LogP contribution in [0, 0.1) is 0 Å². The Balaban J connectivity index is 2.92. The summed E-state index contributed by atoms with van der Waals surface area (Å²) in [4.78, 5) is 21.4. The van der Waals surface area contributed by atoms with E-state index in [0.29, 0.717) is 17.2 Å². The van der Waals surface area contributed by atoms with Crippen LogP contribution in [0.4, 0.5) is 10.9 Å². The lowest BCUT2D eigenvalue weighted by molar-refractivity contribution is 0.0768. The molecule has 1 amide bonds. The van der Waals surface area contributed by atoms with Gasteiger partial charge in [0.25, 0.3) is 5.91 Å². The van der Waals surface area contributed by atoms with Crippen LogP contribution in [0.15, 0.2) is 0 Å². The molecular weight excluding hydrogens is 272 g/mol. The van der Waals surface area contributed by atoms with Crippen molar-refractivity contribution in [2.75, 3.05) is 36.8 Å². The van der Waals surface area contributed by atoms with Crippen molar-refractivity contribution in [2.24, 2.45) is 0 Å². The van der Waals surface area contributed by atoms with Gasteiger partial charge in [0, 0.05) is 26.2 Å². The molecule has 0 saturated heterocycles. The van der Waals surface area contributed by atoms with E-state index in [1.165, 1.54) is 11.3 Å². The molecule has 0 aliphatic heterocycles. The third kappa shape index (κ3) is 3.85. The van der Waals surface area contributed by atoms with E-state index in [1.807, 2.05) is 11.8 Å². The molecule has 0 radical (unpaired) electrons. The summed E-state index contributed by atoms with van der Waals surface area (Å²) >= 11 is 1.40. The Hall–Kier alpha value is -1.30. The van der Waals surface area contributed by atoms with Gasteiger partial charge in [-0.05, 0) is 27.2 Å². The minimum Gasteiger partial charge on any atom is -0.382 e. The number of nitrogen functional groups attached to an aromatic ring is 1. The quantitative estimate of drug-likeness (QED) is 0.801. The fourth-order valence-electron chi connectivity index (χ4n) is 2.00. The van der Waals surface area contributed by atoms with Crippen molar-refractivity contribution in [3.8, 4) is 0 Å². The molecule has 6 heteroatoms. The molecule has 0 bridgehead atoms. The van der Waals surface area contributed by atoms with E-state index < -0.39 is 0 Å². The lowest BCUT2D eigenvalue weighted by Crippen LogP contribution is -2.31. The number of nitrogens with two attached hydrogens (primary N) is 1. The molecule has 5 nitrogen and oxygen atoms in total. The summed E-state index contributed by atoms with van der Waals surface area (Å²) in [5, 5.41) is 0.836. The third-order valence-corrected chi connectivity index (χ3v) is 4.44. The van der Waals surface area contributed by atoms with Crippen LogP contribution in [0.25, 0.3) is 0 Å². The highest BCUT2D eigenvalue weighted by Crippen LogP contribution is 2.29. The smallest absolute Gasteiger partial charge is 0.267 e. The maximum atomic E-state index is 12.5. The molecule has 20 heavy (non-hydrogen) atoms. The Morgan fingerprint density at radius 1 is 1.20 bits per heavy atom. The zero-order valence-electron chi connectivity index (χ0n) is 13.0. The molecule has 1 aromatic heterocycles. The largest absolute Gasteiger partial charge is 0.382 e. The monoisotopic (exact) mass is 298 g/mol. The van der Waals surface area contributed by atoms with Gasteiger partial charge in [0.2, 0.25) is 0 Å². The van der Waals surface area contributed by atoms with Gasteiger partial charge in [-0.2, -0.15) is 0 Å². The second kappa shape index (κ2) is 8.09. The second-order valence-electron chi connectivity index (χ2n) is 4.62. The number of anilines is 2. The molecule has 0 aromatic carbocycles. The van der Waals surface area contributed by atoms with Crippen molar-refractivity contribution >= 4 is 28.2 Å². The number of thiazole rings is 1. The number of hydrogen-bond donors (Lipinski definition) is 1. The average Bonchev–Trinajstić information content (AvgIpc) is 2.82. The van der Waals surface area contributed by atoms with Crippen LogP contribution in [0.2, 0.25) is 0 Å². The summed E-state index contributed by atoms with van der Waals surface area (Å²) in [6, 6.07) is 0. The fourth-order valence-corrected chi connectivity index (χ4v) is 3.08. The number of carbonyl (C=O) groups excluding carboxylic acids is 1.